The maximum atomic E-state index is 5.90. The number of hydrogen-bond donors (Lipinski definition) is 0. The molecule has 3 heterocycles. The molecule has 1 fully saturated rings. The van der Waals surface area contributed by atoms with Gasteiger partial charge in [0.15, 0.2) is 0 Å². The molecule has 0 saturated carbocycles. The fourth-order valence-corrected chi connectivity index (χ4v) is 3.69. The molecule has 6 heteroatoms. The molecular formula is C23H28N4O2. The van der Waals surface area contributed by atoms with Crippen molar-refractivity contribution < 1.29 is 9.26 Å². The molecular weight excluding hydrogens is 364 g/mol. The van der Waals surface area contributed by atoms with E-state index < -0.39 is 0 Å². The molecule has 6 nitrogen and oxygen atoms in total. The number of ether oxygens (including phenoxy) is 1. The van der Waals surface area contributed by atoms with Gasteiger partial charge in [-0.15, -0.1) is 0 Å². The maximum absolute atomic E-state index is 5.90. The van der Waals surface area contributed by atoms with Crippen molar-refractivity contribution in [2.24, 2.45) is 0 Å². The Bertz CT molecular complexity index is 918. The van der Waals surface area contributed by atoms with E-state index in [1.807, 2.05) is 18.2 Å². The average molecular weight is 393 g/mol. The highest BCUT2D eigenvalue weighted by molar-refractivity contribution is 5.47. The summed E-state index contributed by atoms with van der Waals surface area (Å²) in [6.45, 7) is 8.15. The molecule has 0 bridgehead atoms. The van der Waals surface area contributed by atoms with Gasteiger partial charge >= 0.3 is 0 Å². The number of benzene rings is 1. The highest BCUT2D eigenvalue weighted by Crippen LogP contribution is 2.28. The molecule has 1 aliphatic rings. The van der Waals surface area contributed by atoms with Crippen LogP contribution in [-0.2, 0) is 0 Å². The third-order valence-electron chi connectivity index (χ3n) is 5.64. The molecule has 0 N–H and O–H groups in total. The first-order valence-electron chi connectivity index (χ1n) is 10.4. The van der Waals surface area contributed by atoms with Gasteiger partial charge in [-0.3, -0.25) is 4.98 Å². The molecule has 2 aromatic heterocycles. The normalized spacial score (nSPS) is 15.5. The minimum absolute atomic E-state index is 0.336. The lowest BCUT2D eigenvalue weighted by Gasteiger charge is -2.30. The van der Waals surface area contributed by atoms with Crippen LogP contribution in [0.1, 0.15) is 42.2 Å². The summed E-state index contributed by atoms with van der Waals surface area (Å²) in [7, 11) is 0. The van der Waals surface area contributed by atoms with Crippen molar-refractivity contribution in [1.82, 2.24) is 20.0 Å². The summed E-state index contributed by atoms with van der Waals surface area (Å²) in [6, 6.07) is 12.0. The number of hydrogen-bond acceptors (Lipinski definition) is 6. The van der Waals surface area contributed by atoms with Crippen LogP contribution < -0.4 is 4.74 Å². The van der Waals surface area contributed by atoms with E-state index in [0.717, 1.165) is 62.8 Å². The molecule has 4 rings (SSSR count). The number of nitrogens with zero attached hydrogens (tertiary/aromatic N) is 4. The Morgan fingerprint density at radius 3 is 2.72 bits per heavy atom. The Labute approximate surface area is 171 Å². The smallest absolute Gasteiger partial charge is 0.230 e. The first kappa shape index (κ1) is 19.6. The molecule has 0 atom stereocenters. The standard InChI is InChI=1S/C23H28N4O2/c1-17-7-8-20(16-18(17)2)28-15-5-12-27-13-9-19(10-14-27)23-25-22(26-29-23)21-6-3-4-11-24-21/h3-4,6-8,11,16,19H,5,9-10,12-15H2,1-2H3. The number of likely N-dealkylation sites (tertiary alicyclic amines) is 1. The van der Waals surface area contributed by atoms with Gasteiger partial charge in [-0.05, 0) is 81.6 Å². The van der Waals surface area contributed by atoms with Crippen LogP contribution in [0.15, 0.2) is 47.1 Å². The van der Waals surface area contributed by atoms with Crippen molar-refractivity contribution >= 4 is 0 Å². The van der Waals surface area contributed by atoms with E-state index in [2.05, 4.69) is 52.1 Å². The maximum Gasteiger partial charge on any atom is 0.230 e. The Kier molecular flexibility index (Phi) is 6.20. The first-order valence-corrected chi connectivity index (χ1v) is 10.4. The van der Waals surface area contributed by atoms with Crippen molar-refractivity contribution in [3.8, 4) is 17.3 Å². The van der Waals surface area contributed by atoms with E-state index in [1.165, 1.54) is 11.1 Å². The lowest BCUT2D eigenvalue weighted by atomic mass is 9.96. The van der Waals surface area contributed by atoms with Gasteiger partial charge in [0.25, 0.3) is 0 Å². The predicted octanol–water partition coefficient (Wildman–Crippen LogP) is 4.40. The van der Waals surface area contributed by atoms with E-state index in [0.29, 0.717) is 11.7 Å². The van der Waals surface area contributed by atoms with Crippen molar-refractivity contribution in [2.75, 3.05) is 26.2 Å². The molecule has 0 radical (unpaired) electrons. The SMILES string of the molecule is Cc1ccc(OCCCN2CCC(c3nc(-c4ccccn4)no3)CC2)cc1C. The zero-order valence-electron chi connectivity index (χ0n) is 17.2. The highest BCUT2D eigenvalue weighted by Gasteiger charge is 2.25. The Balaban J connectivity index is 1.20. The van der Waals surface area contributed by atoms with Crippen LogP contribution in [0.2, 0.25) is 0 Å². The van der Waals surface area contributed by atoms with Crippen LogP contribution in [-0.4, -0.2) is 46.3 Å². The van der Waals surface area contributed by atoms with E-state index in [-0.39, 0.29) is 0 Å². The number of aromatic nitrogens is 3. The highest BCUT2D eigenvalue weighted by atomic mass is 16.5. The molecule has 0 spiro atoms. The predicted molar refractivity (Wildman–Crippen MR) is 112 cm³/mol. The second-order valence-corrected chi connectivity index (χ2v) is 7.74. The minimum atomic E-state index is 0.336. The summed E-state index contributed by atoms with van der Waals surface area (Å²) in [5.41, 5.74) is 3.33. The summed E-state index contributed by atoms with van der Waals surface area (Å²) in [5, 5.41) is 4.10. The zero-order chi connectivity index (χ0) is 20.1. The van der Waals surface area contributed by atoms with Gasteiger partial charge in [-0.25, -0.2) is 0 Å². The molecule has 0 aliphatic carbocycles. The second-order valence-electron chi connectivity index (χ2n) is 7.74. The number of pyridine rings is 1. The number of aryl methyl sites for hydroxylation is 2. The zero-order valence-corrected chi connectivity index (χ0v) is 17.2. The summed E-state index contributed by atoms with van der Waals surface area (Å²) >= 11 is 0. The summed E-state index contributed by atoms with van der Waals surface area (Å²) in [4.78, 5) is 11.4. The van der Waals surface area contributed by atoms with E-state index in [1.54, 1.807) is 6.20 Å². The average Bonchev–Trinajstić information content (AvgIpc) is 3.25. The van der Waals surface area contributed by atoms with Crippen molar-refractivity contribution in [1.29, 1.82) is 0 Å². The van der Waals surface area contributed by atoms with Gasteiger partial charge in [0.05, 0.1) is 6.61 Å². The van der Waals surface area contributed by atoms with Gasteiger partial charge in [0.2, 0.25) is 11.7 Å². The van der Waals surface area contributed by atoms with Crippen LogP contribution in [0.3, 0.4) is 0 Å². The first-order chi connectivity index (χ1) is 14.2. The summed E-state index contributed by atoms with van der Waals surface area (Å²) in [5.74, 6) is 2.62. The Morgan fingerprint density at radius 2 is 1.97 bits per heavy atom. The van der Waals surface area contributed by atoms with Crippen molar-refractivity contribution in [3.05, 3.63) is 59.6 Å². The monoisotopic (exact) mass is 392 g/mol. The lowest BCUT2D eigenvalue weighted by molar-refractivity contribution is 0.180. The largest absolute Gasteiger partial charge is 0.494 e. The fraction of sp³-hybridized carbons (Fsp3) is 0.435. The van der Waals surface area contributed by atoms with Gasteiger partial charge in [-0.1, -0.05) is 17.3 Å². The molecule has 3 aromatic rings. The minimum Gasteiger partial charge on any atom is -0.494 e. The Hall–Kier alpha value is -2.73. The second kappa shape index (κ2) is 9.18. The van der Waals surface area contributed by atoms with Crippen LogP contribution >= 0.6 is 0 Å². The van der Waals surface area contributed by atoms with Crippen LogP contribution in [0.4, 0.5) is 0 Å². The van der Waals surface area contributed by atoms with Crippen molar-refractivity contribution in [3.63, 3.8) is 0 Å². The molecule has 1 saturated heterocycles. The molecule has 0 amide bonds. The van der Waals surface area contributed by atoms with E-state index in [9.17, 15) is 0 Å². The van der Waals surface area contributed by atoms with Crippen LogP contribution in [0.25, 0.3) is 11.5 Å². The molecule has 1 aromatic carbocycles. The molecule has 1 aliphatic heterocycles. The number of rotatable bonds is 7. The molecule has 0 unspecified atom stereocenters. The Morgan fingerprint density at radius 1 is 1.10 bits per heavy atom. The van der Waals surface area contributed by atoms with Gasteiger partial charge in [0.1, 0.15) is 11.4 Å². The number of piperidine rings is 1. The van der Waals surface area contributed by atoms with E-state index in [4.69, 9.17) is 9.26 Å². The summed E-state index contributed by atoms with van der Waals surface area (Å²) < 4.78 is 11.4. The third-order valence-corrected chi connectivity index (χ3v) is 5.64. The van der Waals surface area contributed by atoms with Crippen LogP contribution in [0, 0.1) is 13.8 Å². The van der Waals surface area contributed by atoms with Gasteiger partial charge < -0.3 is 14.2 Å². The van der Waals surface area contributed by atoms with Crippen molar-refractivity contribution in [2.45, 2.75) is 39.0 Å². The van der Waals surface area contributed by atoms with Gasteiger partial charge in [0, 0.05) is 18.7 Å². The van der Waals surface area contributed by atoms with Crippen LogP contribution in [0.5, 0.6) is 5.75 Å². The molecule has 29 heavy (non-hydrogen) atoms. The fourth-order valence-electron chi connectivity index (χ4n) is 3.69. The summed E-state index contributed by atoms with van der Waals surface area (Å²) in [6.07, 6.45) is 4.86. The third kappa shape index (κ3) is 5.01. The quantitative estimate of drug-likeness (QED) is 0.556. The lowest BCUT2D eigenvalue weighted by Crippen LogP contribution is -2.34. The van der Waals surface area contributed by atoms with E-state index >= 15 is 0 Å². The topological polar surface area (TPSA) is 64.3 Å². The molecule has 152 valence electrons. The van der Waals surface area contributed by atoms with Gasteiger partial charge in [-0.2, -0.15) is 4.98 Å².